The molecular formula is C13H14Cl2N2O3. The van der Waals surface area contributed by atoms with Crippen molar-refractivity contribution >= 4 is 40.2 Å². The number of ether oxygens (including phenoxy) is 1. The Bertz CT molecular complexity index is 640. The quantitative estimate of drug-likeness (QED) is 0.832. The first-order valence-corrected chi connectivity index (χ1v) is 6.83. The average Bonchev–Trinajstić information content (AvgIpc) is 2.68. The van der Waals surface area contributed by atoms with Crippen LogP contribution in [0.2, 0.25) is 10.0 Å². The van der Waals surface area contributed by atoms with Crippen molar-refractivity contribution in [3.05, 3.63) is 28.0 Å². The van der Waals surface area contributed by atoms with E-state index >= 15 is 0 Å². The third-order valence-electron chi connectivity index (χ3n) is 2.91. The lowest BCUT2D eigenvalue weighted by Crippen LogP contribution is -2.12. The molecule has 0 bridgehead atoms. The summed E-state index contributed by atoms with van der Waals surface area (Å²) in [5.41, 5.74) is 1.32. The summed E-state index contributed by atoms with van der Waals surface area (Å²) in [6.45, 7) is 0.439. The Morgan fingerprint density at radius 3 is 2.75 bits per heavy atom. The second-order valence-electron chi connectivity index (χ2n) is 4.36. The highest BCUT2D eigenvalue weighted by Crippen LogP contribution is 2.28. The van der Waals surface area contributed by atoms with E-state index in [9.17, 15) is 4.79 Å². The lowest BCUT2D eigenvalue weighted by Gasteiger charge is -2.06. The van der Waals surface area contributed by atoms with Crippen molar-refractivity contribution in [2.45, 2.75) is 19.4 Å². The van der Waals surface area contributed by atoms with E-state index in [1.54, 1.807) is 23.8 Å². The summed E-state index contributed by atoms with van der Waals surface area (Å²) in [7, 11) is 1.62. The fourth-order valence-corrected chi connectivity index (χ4v) is 2.36. The standard InChI is InChI=1S/C13H14Cl2N2O3/c1-20-4-2-3-12-16-10-5-8(14)9(15)6-11(10)17(12)7-13(18)19/h5-6H,2-4,7H2,1H3,(H,18,19). The van der Waals surface area contributed by atoms with Gasteiger partial charge in [-0.1, -0.05) is 23.2 Å². The number of hydrogen-bond acceptors (Lipinski definition) is 3. The molecule has 1 aromatic carbocycles. The van der Waals surface area contributed by atoms with Crippen LogP contribution in [0, 0.1) is 0 Å². The van der Waals surface area contributed by atoms with Gasteiger partial charge in [-0.3, -0.25) is 4.79 Å². The minimum Gasteiger partial charge on any atom is -0.480 e. The number of imidazole rings is 1. The summed E-state index contributed by atoms with van der Waals surface area (Å²) in [5.74, 6) is -0.235. The first kappa shape index (κ1) is 15.1. The number of benzene rings is 1. The molecule has 0 saturated carbocycles. The molecule has 0 aliphatic rings. The molecule has 5 nitrogen and oxygen atoms in total. The van der Waals surface area contributed by atoms with Crippen molar-refractivity contribution < 1.29 is 14.6 Å². The van der Waals surface area contributed by atoms with E-state index in [-0.39, 0.29) is 6.54 Å². The molecule has 0 radical (unpaired) electrons. The third-order valence-corrected chi connectivity index (χ3v) is 3.63. The molecule has 108 valence electrons. The molecule has 2 aromatic rings. The Kier molecular flexibility index (Phi) is 4.86. The van der Waals surface area contributed by atoms with E-state index in [4.69, 9.17) is 33.0 Å². The molecule has 1 N–H and O–H groups in total. The molecule has 0 saturated heterocycles. The molecule has 0 amide bonds. The van der Waals surface area contributed by atoms with Crippen molar-refractivity contribution in [2.24, 2.45) is 0 Å². The maximum Gasteiger partial charge on any atom is 0.323 e. The minimum absolute atomic E-state index is 0.156. The first-order valence-electron chi connectivity index (χ1n) is 6.08. The fourth-order valence-electron chi connectivity index (χ4n) is 2.05. The number of halogens is 2. The van der Waals surface area contributed by atoms with E-state index in [0.717, 1.165) is 6.42 Å². The maximum atomic E-state index is 11.0. The zero-order chi connectivity index (χ0) is 14.7. The van der Waals surface area contributed by atoms with Crippen molar-refractivity contribution in [1.82, 2.24) is 9.55 Å². The lowest BCUT2D eigenvalue weighted by molar-refractivity contribution is -0.137. The number of nitrogens with zero attached hydrogens (tertiary/aromatic N) is 2. The van der Waals surface area contributed by atoms with Crippen LogP contribution in [0.5, 0.6) is 0 Å². The Labute approximate surface area is 126 Å². The van der Waals surface area contributed by atoms with Crippen LogP contribution >= 0.6 is 23.2 Å². The lowest BCUT2D eigenvalue weighted by atomic mass is 10.3. The fraction of sp³-hybridized carbons (Fsp3) is 0.385. The number of carboxylic acid groups (broad SMARTS) is 1. The number of carboxylic acids is 1. The van der Waals surface area contributed by atoms with Gasteiger partial charge in [0.1, 0.15) is 12.4 Å². The van der Waals surface area contributed by atoms with Crippen molar-refractivity contribution in [3.63, 3.8) is 0 Å². The van der Waals surface area contributed by atoms with Crippen molar-refractivity contribution in [1.29, 1.82) is 0 Å². The van der Waals surface area contributed by atoms with Crippen molar-refractivity contribution in [3.8, 4) is 0 Å². The van der Waals surface area contributed by atoms with Gasteiger partial charge in [0, 0.05) is 20.1 Å². The maximum absolute atomic E-state index is 11.0. The van der Waals surface area contributed by atoms with Gasteiger partial charge < -0.3 is 14.4 Å². The van der Waals surface area contributed by atoms with Gasteiger partial charge in [0.25, 0.3) is 0 Å². The van der Waals surface area contributed by atoms with Crippen LogP contribution in [0.15, 0.2) is 12.1 Å². The zero-order valence-electron chi connectivity index (χ0n) is 10.9. The molecule has 0 atom stereocenters. The van der Waals surface area contributed by atoms with Gasteiger partial charge in [-0.05, 0) is 18.6 Å². The predicted octanol–water partition coefficient (Wildman–Crippen LogP) is 3.01. The number of aryl methyl sites for hydroxylation is 1. The van der Waals surface area contributed by atoms with E-state index < -0.39 is 5.97 Å². The summed E-state index contributed by atoms with van der Waals surface area (Å²) in [5, 5.41) is 9.82. The summed E-state index contributed by atoms with van der Waals surface area (Å²) < 4.78 is 6.65. The molecule has 0 aliphatic carbocycles. The van der Waals surface area contributed by atoms with Crippen LogP contribution in [-0.2, 0) is 22.5 Å². The number of fused-ring (bicyclic) bond motifs is 1. The summed E-state index contributed by atoms with van der Waals surface area (Å²) in [6.07, 6.45) is 1.39. The SMILES string of the molecule is COCCCc1nc2cc(Cl)c(Cl)cc2n1CC(=O)O. The number of aliphatic carboxylic acids is 1. The van der Waals surface area contributed by atoms with Crippen LogP contribution < -0.4 is 0 Å². The molecule has 1 heterocycles. The molecular weight excluding hydrogens is 303 g/mol. The number of hydrogen-bond donors (Lipinski definition) is 1. The highest BCUT2D eigenvalue weighted by atomic mass is 35.5. The molecule has 7 heteroatoms. The molecule has 2 rings (SSSR count). The van der Waals surface area contributed by atoms with Crippen LogP contribution in [0.4, 0.5) is 0 Å². The van der Waals surface area contributed by atoms with Crippen LogP contribution in [0.25, 0.3) is 11.0 Å². The normalized spacial score (nSPS) is 11.2. The van der Waals surface area contributed by atoms with Crippen LogP contribution in [0.1, 0.15) is 12.2 Å². The van der Waals surface area contributed by atoms with Crippen LogP contribution in [-0.4, -0.2) is 34.3 Å². The Morgan fingerprint density at radius 1 is 1.40 bits per heavy atom. The van der Waals surface area contributed by atoms with Gasteiger partial charge in [0.2, 0.25) is 0 Å². The molecule has 0 spiro atoms. The van der Waals surface area contributed by atoms with Gasteiger partial charge in [0.15, 0.2) is 0 Å². The average molecular weight is 317 g/mol. The smallest absolute Gasteiger partial charge is 0.323 e. The van der Waals surface area contributed by atoms with E-state index in [1.807, 2.05) is 0 Å². The van der Waals surface area contributed by atoms with E-state index in [0.29, 0.717) is 39.9 Å². The Balaban J connectivity index is 2.45. The third kappa shape index (κ3) is 3.23. The molecule has 0 unspecified atom stereocenters. The first-order chi connectivity index (χ1) is 9.52. The summed E-state index contributed by atoms with van der Waals surface area (Å²) in [4.78, 5) is 15.5. The summed E-state index contributed by atoms with van der Waals surface area (Å²) in [6, 6.07) is 3.30. The largest absolute Gasteiger partial charge is 0.480 e. The Hall–Kier alpha value is -1.30. The monoisotopic (exact) mass is 316 g/mol. The van der Waals surface area contributed by atoms with Crippen molar-refractivity contribution in [2.75, 3.05) is 13.7 Å². The number of carbonyl (C=O) groups is 1. The zero-order valence-corrected chi connectivity index (χ0v) is 12.4. The molecule has 1 aromatic heterocycles. The molecule has 0 fully saturated rings. The van der Waals surface area contributed by atoms with E-state index in [2.05, 4.69) is 4.98 Å². The van der Waals surface area contributed by atoms with Gasteiger partial charge in [-0.2, -0.15) is 0 Å². The van der Waals surface area contributed by atoms with Gasteiger partial charge in [-0.25, -0.2) is 4.98 Å². The second kappa shape index (κ2) is 6.43. The van der Waals surface area contributed by atoms with Gasteiger partial charge in [-0.15, -0.1) is 0 Å². The minimum atomic E-state index is -0.927. The van der Waals surface area contributed by atoms with Gasteiger partial charge in [0.05, 0.1) is 21.1 Å². The van der Waals surface area contributed by atoms with E-state index in [1.165, 1.54) is 0 Å². The number of aromatic nitrogens is 2. The number of methoxy groups -OCH3 is 1. The number of rotatable bonds is 6. The highest BCUT2D eigenvalue weighted by Gasteiger charge is 2.15. The Morgan fingerprint density at radius 2 is 2.10 bits per heavy atom. The summed E-state index contributed by atoms with van der Waals surface area (Å²) >= 11 is 12.0. The van der Waals surface area contributed by atoms with Crippen LogP contribution in [0.3, 0.4) is 0 Å². The molecule has 20 heavy (non-hydrogen) atoms. The second-order valence-corrected chi connectivity index (χ2v) is 5.17. The highest BCUT2D eigenvalue weighted by molar-refractivity contribution is 6.42. The predicted molar refractivity (Wildman–Crippen MR) is 77.6 cm³/mol. The topological polar surface area (TPSA) is 64.4 Å². The molecule has 0 aliphatic heterocycles. The van der Waals surface area contributed by atoms with Gasteiger partial charge >= 0.3 is 5.97 Å².